The van der Waals surface area contributed by atoms with Crippen LogP contribution in [0.15, 0.2) is 54.6 Å². The number of ether oxygens (including phenoxy) is 3. The maximum atomic E-state index is 13.9. The van der Waals surface area contributed by atoms with Crippen LogP contribution in [0.1, 0.15) is 48.4 Å². The van der Waals surface area contributed by atoms with E-state index in [0.29, 0.717) is 5.75 Å². The summed E-state index contributed by atoms with van der Waals surface area (Å²) in [5, 5.41) is 5.23. The largest absolute Gasteiger partial charge is 0.496 e. The van der Waals surface area contributed by atoms with Crippen LogP contribution in [0.25, 0.3) is 0 Å². The third kappa shape index (κ3) is 6.71. The summed E-state index contributed by atoms with van der Waals surface area (Å²) in [6.07, 6.45) is -0.408. The van der Waals surface area contributed by atoms with Gasteiger partial charge in [0, 0.05) is 17.7 Å². The monoisotopic (exact) mass is 498 g/mol. The van der Waals surface area contributed by atoms with E-state index >= 15 is 0 Å². The van der Waals surface area contributed by atoms with E-state index < -0.39 is 23.4 Å². The molecule has 3 aromatic carbocycles. The zero-order chi connectivity index (χ0) is 26.4. The molecule has 2 N–H and O–H groups in total. The minimum Gasteiger partial charge on any atom is -0.496 e. The van der Waals surface area contributed by atoms with Crippen molar-refractivity contribution in [2.24, 2.45) is 0 Å². The summed E-state index contributed by atoms with van der Waals surface area (Å²) in [5.41, 5.74) is 0.410. The molecule has 0 aromatic heterocycles. The van der Waals surface area contributed by atoms with E-state index in [9.17, 15) is 18.4 Å². The van der Waals surface area contributed by atoms with E-state index in [0.717, 1.165) is 12.1 Å². The molecule has 0 bridgehead atoms. The second-order valence-electron chi connectivity index (χ2n) is 8.44. The lowest BCUT2D eigenvalue weighted by Gasteiger charge is -2.17. The standard InChI is InChI=1S/C27H28F2N2O5/c1-15(2)35-24-10-7-18(28)13-21(24)30-26(32)17-6-9-23(34-5)20(12-17)27(33)31-22-14-19(29)8-11-25(22)36-16(3)4/h6-16H,1-5H3,(H,30,32)(H,31,33). The lowest BCUT2D eigenvalue weighted by Crippen LogP contribution is -2.18. The molecule has 0 unspecified atom stereocenters. The van der Waals surface area contributed by atoms with Crippen molar-refractivity contribution in [3.63, 3.8) is 0 Å². The van der Waals surface area contributed by atoms with E-state index in [1.54, 1.807) is 27.7 Å². The Morgan fingerprint density at radius 1 is 0.694 bits per heavy atom. The fourth-order valence-corrected chi connectivity index (χ4v) is 3.32. The van der Waals surface area contributed by atoms with Crippen molar-refractivity contribution in [3.8, 4) is 17.2 Å². The predicted octanol–water partition coefficient (Wildman–Crippen LogP) is 6.05. The number of amides is 2. The average Bonchev–Trinajstić information content (AvgIpc) is 2.81. The quantitative estimate of drug-likeness (QED) is 0.375. The Balaban J connectivity index is 1.90. The van der Waals surface area contributed by atoms with Crippen LogP contribution in [0.5, 0.6) is 17.2 Å². The highest BCUT2D eigenvalue weighted by Crippen LogP contribution is 2.30. The van der Waals surface area contributed by atoms with Gasteiger partial charge >= 0.3 is 0 Å². The normalized spacial score (nSPS) is 10.8. The van der Waals surface area contributed by atoms with Gasteiger partial charge in [-0.25, -0.2) is 8.78 Å². The lowest BCUT2D eigenvalue weighted by atomic mass is 10.1. The van der Waals surface area contributed by atoms with Crippen LogP contribution in [0, 0.1) is 11.6 Å². The van der Waals surface area contributed by atoms with E-state index in [4.69, 9.17) is 14.2 Å². The van der Waals surface area contributed by atoms with Crippen molar-refractivity contribution in [2.75, 3.05) is 17.7 Å². The van der Waals surface area contributed by atoms with Crippen molar-refractivity contribution in [1.29, 1.82) is 0 Å². The molecule has 0 spiro atoms. The first-order valence-electron chi connectivity index (χ1n) is 11.3. The van der Waals surface area contributed by atoms with Gasteiger partial charge in [0.25, 0.3) is 11.8 Å². The summed E-state index contributed by atoms with van der Waals surface area (Å²) in [6, 6.07) is 11.8. The Kier molecular flexibility index (Phi) is 8.47. The van der Waals surface area contributed by atoms with E-state index in [1.165, 1.54) is 49.6 Å². The summed E-state index contributed by atoms with van der Waals surface area (Å²) < 4.78 is 44.3. The molecular formula is C27H28F2N2O5. The number of halogens is 2. The molecule has 0 heterocycles. The summed E-state index contributed by atoms with van der Waals surface area (Å²) in [4.78, 5) is 26.1. The van der Waals surface area contributed by atoms with Gasteiger partial charge in [0.1, 0.15) is 28.9 Å². The van der Waals surface area contributed by atoms with Crippen LogP contribution in [0.3, 0.4) is 0 Å². The fourth-order valence-electron chi connectivity index (χ4n) is 3.32. The molecule has 3 rings (SSSR count). The Hall–Kier alpha value is -4.14. The molecule has 0 aliphatic rings. The van der Waals surface area contributed by atoms with Gasteiger partial charge in [-0.3, -0.25) is 9.59 Å². The number of benzene rings is 3. The summed E-state index contributed by atoms with van der Waals surface area (Å²) in [5.74, 6) is -1.56. The molecule has 2 amide bonds. The number of hydrogen-bond donors (Lipinski definition) is 2. The number of methoxy groups -OCH3 is 1. The summed E-state index contributed by atoms with van der Waals surface area (Å²) in [7, 11) is 1.38. The van der Waals surface area contributed by atoms with Gasteiger partial charge in [-0.2, -0.15) is 0 Å². The van der Waals surface area contributed by atoms with Crippen LogP contribution in [-0.2, 0) is 0 Å². The van der Waals surface area contributed by atoms with Crippen LogP contribution in [0.2, 0.25) is 0 Å². The molecule has 36 heavy (non-hydrogen) atoms. The SMILES string of the molecule is COc1ccc(C(=O)Nc2cc(F)ccc2OC(C)C)cc1C(=O)Nc1cc(F)ccc1OC(C)C. The maximum Gasteiger partial charge on any atom is 0.259 e. The van der Waals surface area contributed by atoms with Crippen molar-refractivity contribution >= 4 is 23.2 Å². The van der Waals surface area contributed by atoms with Crippen molar-refractivity contribution in [3.05, 3.63) is 77.4 Å². The molecule has 0 aliphatic carbocycles. The second-order valence-corrected chi connectivity index (χ2v) is 8.44. The minimum absolute atomic E-state index is 0.0304. The molecule has 190 valence electrons. The number of hydrogen-bond acceptors (Lipinski definition) is 5. The fraction of sp³-hybridized carbons (Fsp3) is 0.259. The van der Waals surface area contributed by atoms with Gasteiger partial charge in [-0.05, 0) is 70.2 Å². The van der Waals surface area contributed by atoms with E-state index in [2.05, 4.69) is 10.6 Å². The van der Waals surface area contributed by atoms with Crippen LogP contribution in [0.4, 0.5) is 20.2 Å². The summed E-state index contributed by atoms with van der Waals surface area (Å²) in [6.45, 7) is 7.21. The van der Waals surface area contributed by atoms with Gasteiger partial charge in [-0.15, -0.1) is 0 Å². The number of carbonyl (C=O) groups excluding carboxylic acids is 2. The first kappa shape index (κ1) is 26.5. The predicted molar refractivity (Wildman–Crippen MR) is 133 cm³/mol. The highest BCUT2D eigenvalue weighted by molar-refractivity contribution is 6.10. The van der Waals surface area contributed by atoms with Gasteiger partial charge in [-0.1, -0.05) is 0 Å². The van der Waals surface area contributed by atoms with Crippen LogP contribution < -0.4 is 24.8 Å². The molecule has 7 nitrogen and oxygen atoms in total. The third-order valence-corrected chi connectivity index (χ3v) is 4.81. The topological polar surface area (TPSA) is 85.9 Å². The zero-order valence-corrected chi connectivity index (χ0v) is 20.6. The zero-order valence-electron chi connectivity index (χ0n) is 20.6. The molecular weight excluding hydrogens is 470 g/mol. The number of rotatable bonds is 9. The first-order chi connectivity index (χ1) is 17.1. The molecule has 0 saturated heterocycles. The van der Waals surface area contributed by atoms with Crippen molar-refractivity contribution in [2.45, 2.75) is 39.9 Å². The van der Waals surface area contributed by atoms with Crippen molar-refractivity contribution < 1.29 is 32.6 Å². The molecule has 0 atom stereocenters. The smallest absolute Gasteiger partial charge is 0.259 e. The van der Waals surface area contributed by atoms with Gasteiger partial charge < -0.3 is 24.8 Å². The second kappa shape index (κ2) is 11.5. The van der Waals surface area contributed by atoms with Gasteiger partial charge in [0.05, 0.1) is 36.3 Å². The number of anilines is 2. The molecule has 0 fully saturated rings. The van der Waals surface area contributed by atoms with Crippen molar-refractivity contribution in [1.82, 2.24) is 0 Å². The molecule has 0 saturated carbocycles. The minimum atomic E-state index is -0.643. The Labute approximate surface area is 208 Å². The van der Waals surface area contributed by atoms with E-state index in [-0.39, 0.29) is 46.2 Å². The Bertz CT molecular complexity index is 1260. The third-order valence-electron chi connectivity index (χ3n) is 4.81. The molecule has 3 aromatic rings. The summed E-state index contributed by atoms with van der Waals surface area (Å²) >= 11 is 0. The number of carbonyl (C=O) groups is 2. The molecule has 9 heteroatoms. The highest BCUT2D eigenvalue weighted by atomic mass is 19.1. The van der Waals surface area contributed by atoms with Crippen LogP contribution >= 0.6 is 0 Å². The molecule has 0 radical (unpaired) electrons. The molecule has 0 aliphatic heterocycles. The Morgan fingerprint density at radius 3 is 1.64 bits per heavy atom. The Morgan fingerprint density at radius 2 is 1.17 bits per heavy atom. The highest BCUT2D eigenvalue weighted by Gasteiger charge is 2.19. The first-order valence-corrected chi connectivity index (χ1v) is 11.3. The van der Waals surface area contributed by atoms with E-state index in [1.807, 2.05) is 0 Å². The number of nitrogens with one attached hydrogen (secondary N) is 2. The van der Waals surface area contributed by atoms with Gasteiger partial charge in [0.2, 0.25) is 0 Å². The van der Waals surface area contributed by atoms with Gasteiger partial charge in [0.15, 0.2) is 0 Å². The maximum absolute atomic E-state index is 13.9. The lowest BCUT2D eigenvalue weighted by molar-refractivity contribution is 0.102. The average molecular weight is 499 g/mol. The van der Waals surface area contributed by atoms with Crippen LogP contribution in [-0.4, -0.2) is 31.1 Å².